The Morgan fingerprint density at radius 2 is 0.865 bits per heavy atom. The third-order valence-corrected chi connectivity index (χ3v) is 19.0. The van der Waals surface area contributed by atoms with E-state index >= 15 is 0 Å². The minimum atomic E-state index is -3.82. The van der Waals surface area contributed by atoms with Gasteiger partial charge in [-0.25, -0.2) is 0 Å². The Bertz CT molecular complexity index is 2530. The van der Waals surface area contributed by atoms with E-state index in [2.05, 4.69) is 156 Å². The van der Waals surface area contributed by atoms with Gasteiger partial charge in [0.05, 0.1) is 0 Å². The summed E-state index contributed by atoms with van der Waals surface area (Å²) >= 11 is 12.1. The van der Waals surface area contributed by atoms with E-state index in [9.17, 15) is 0 Å². The third-order valence-electron chi connectivity index (χ3n) is 9.62. The summed E-state index contributed by atoms with van der Waals surface area (Å²) in [6.45, 7) is 0. The van der Waals surface area contributed by atoms with E-state index in [1.807, 2.05) is 30.3 Å². The van der Waals surface area contributed by atoms with Crippen LogP contribution in [0, 0.1) is 0 Å². The van der Waals surface area contributed by atoms with Gasteiger partial charge >= 0.3 is 316 Å². The van der Waals surface area contributed by atoms with E-state index < -0.39 is 5.96 Å². The Morgan fingerprint density at radius 1 is 0.462 bits per heavy atom. The molecular formula is C44H31ClN3OPS2. The molecular weight excluding hydrogens is 717 g/mol. The maximum absolute atomic E-state index is 8.71. The Kier molecular flexibility index (Phi) is 8.41. The summed E-state index contributed by atoms with van der Waals surface area (Å²) in [5.74, 6) is -3.82. The van der Waals surface area contributed by atoms with Gasteiger partial charge in [-0.3, -0.25) is 0 Å². The molecule has 4 heterocycles. The van der Waals surface area contributed by atoms with Crippen molar-refractivity contribution < 1.29 is 4.63 Å². The van der Waals surface area contributed by atoms with Gasteiger partial charge in [0.2, 0.25) is 0 Å². The van der Waals surface area contributed by atoms with Gasteiger partial charge < -0.3 is 0 Å². The Hall–Kier alpha value is -5.23. The van der Waals surface area contributed by atoms with Gasteiger partial charge in [-0.15, -0.1) is 0 Å². The molecule has 0 atom stereocenters. The van der Waals surface area contributed by atoms with Crippen molar-refractivity contribution in [2.45, 2.75) is 6.16 Å². The Morgan fingerprint density at radius 3 is 1.37 bits per heavy atom. The first-order valence-electron chi connectivity index (χ1n) is 17.0. The van der Waals surface area contributed by atoms with E-state index in [4.69, 9.17) is 20.9 Å². The molecule has 0 bridgehead atoms. The molecule has 0 saturated carbocycles. The van der Waals surface area contributed by atoms with Crippen LogP contribution < -0.4 is 15.9 Å². The molecule has 5 aromatic carbocycles. The minimum absolute atomic E-state index is 0.436. The number of thiophene rings is 2. The summed E-state index contributed by atoms with van der Waals surface area (Å²) < 4.78 is 5.58. The number of hydrogen-bond acceptors (Lipinski definition) is 6. The van der Waals surface area contributed by atoms with Crippen molar-refractivity contribution in [1.29, 1.82) is 0 Å². The first-order valence-corrected chi connectivity index (χ1v) is 21.9. The van der Waals surface area contributed by atoms with E-state index in [1.165, 1.54) is 0 Å². The summed E-state index contributed by atoms with van der Waals surface area (Å²) in [7, 11) is 0. The number of halogens is 1. The average Bonchev–Trinajstić information content (AvgIpc) is 4.02. The maximum atomic E-state index is 8.71. The van der Waals surface area contributed by atoms with Crippen LogP contribution in [0.15, 0.2) is 181 Å². The van der Waals surface area contributed by atoms with E-state index in [1.54, 1.807) is 22.7 Å². The van der Waals surface area contributed by atoms with Gasteiger partial charge in [-0.05, 0) is 0 Å². The van der Waals surface area contributed by atoms with Crippen molar-refractivity contribution in [3.8, 4) is 41.9 Å². The Labute approximate surface area is 314 Å². The van der Waals surface area contributed by atoms with Crippen molar-refractivity contribution in [1.82, 2.24) is 15.3 Å². The zero-order chi connectivity index (χ0) is 35.0. The van der Waals surface area contributed by atoms with Crippen LogP contribution in [0.1, 0.15) is 5.69 Å². The monoisotopic (exact) mass is 747 g/mol. The zero-order valence-electron chi connectivity index (χ0n) is 27.8. The number of rotatable bonds is 9. The van der Waals surface area contributed by atoms with Gasteiger partial charge in [-0.1, -0.05) is 0 Å². The molecule has 0 aliphatic carbocycles. The first kappa shape index (κ1) is 32.7. The summed E-state index contributed by atoms with van der Waals surface area (Å²) in [5.41, 5.74) is 6.08. The number of pyridine rings is 1. The molecule has 0 unspecified atom stereocenters. The molecule has 52 heavy (non-hydrogen) atoms. The molecule has 4 nitrogen and oxygen atoms in total. The molecule has 0 N–H and O–H groups in total. The van der Waals surface area contributed by atoms with Crippen LogP contribution in [-0.2, 0) is 6.16 Å². The van der Waals surface area contributed by atoms with Crippen molar-refractivity contribution in [2.24, 2.45) is 0 Å². The topological polar surface area (TPSA) is 51.8 Å². The van der Waals surface area contributed by atoms with Gasteiger partial charge in [0, 0.05) is 0 Å². The zero-order valence-corrected chi connectivity index (χ0v) is 31.1. The van der Waals surface area contributed by atoms with Crippen molar-refractivity contribution in [3.05, 3.63) is 182 Å². The molecule has 0 saturated heterocycles. The molecule has 8 heteroatoms. The second-order valence-electron chi connectivity index (χ2n) is 12.7. The van der Waals surface area contributed by atoms with E-state index in [0.717, 1.165) is 63.5 Å². The summed E-state index contributed by atoms with van der Waals surface area (Å²) in [6, 6.07) is 61.1. The fourth-order valence-corrected chi connectivity index (χ4v) is 15.2. The molecule has 0 spiro atoms. The molecule has 0 amide bonds. The van der Waals surface area contributed by atoms with Gasteiger partial charge in [0.15, 0.2) is 0 Å². The van der Waals surface area contributed by atoms with Gasteiger partial charge in [-0.2, -0.15) is 0 Å². The molecule has 0 radical (unpaired) electrons. The normalized spacial score (nSPS) is 12.4. The fraction of sp³-hybridized carbons (Fsp3) is 0.0227. The van der Waals surface area contributed by atoms with E-state index in [-0.39, 0.29) is 0 Å². The number of benzene rings is 5. The fourth-order valence-electron chi connectivity index (χ4n) is 7.10. The number of fused-ring (bicyclic) bond motifs is 1. The van der Waals surface area contributed by atoms with Crippen LogP contribution in [0.25, 0.3) is 52.9 Å². The molecule has 252 valence electrons. The summed E-state index contributed by atoms with van der Waals surface area (Å²) in [4.78, 5) is 9.93. The Balaban J connectivity index is 1.34. The van der Waals surface area contributed by atoms with Crippen LogP contribution in [-0.4, -0.2) is 15.3 Å². The first-order chi connectivity index (χ1) is 25.6. The molecule has 4 aromatic heterocycles. The molecule has 0 aliphatic rings. The van der Waals surface area contributed by atoms with Crippen LogP contribution >= 0.6 is 39.9 Å². The van der Waals surface area contributed by atoms with Crippen LogP contribution in [0.4, 0.5) is 0 Å². The van der Waals surface area contributed by atoms with Crippen molar-refractivity contribution in [3.63, 3.8) is 0 Å². The van der Waals surface area contributed by atoms with Crippen LogP contribution in [0.5, 0.6) is 0 Å². The summed E-state index contributed by atoms with van der Waals surface area (Å²) in [5, 5.41) is 12.3. The van der Waals surface area contributed by atoms with Crippen LogP contribution in [0.2, 0.25) is 0 Å². The second-order valence-corrected chi connectivity index (χ2v) is 21.3. The standard InChI is InChI=1S/C44H31ClN3OPS2/c45-50(33-20-10-3-11-21-33,34-22-12-4-13-23-34,35-24-14-5-15-25-35)30-36-41(39-28-26-37(51-39)31-16-6-1-7-17-31)43-44(48-49-47-43)42(46-36)40-29-27-38(52-40)32-18-8-2-9-19-32/h1-29H,30H2. The molecule has 9 aromatic rings. The predicted octanol–water partition coefficient (Wildman–Crippen LogP) is 11.6. The van der Waals surface area contributed by atoms with Crippen molar-refractivity contribution >= 4 is 66.8 Å². The molecule has 0 aliphatic heterocycles. The van der Waals surface area contributed by atoms with Crippen molar-refractivity contribution in [2.75, 3.05) is 0 Å². The number of nitrogens with zero attached hydrogens (tertiary/aromatic N) is 3. The van der Waals surface area contributed by atoms with Crippen LogP contribution in [0.3, 0.4) is 0 Å². The van der Waals surface area contributed by atoms with E-state index in [0.29, 0.717) is 17.2 Å². The second kappa shape index (κ2) is 13.4. The number of hydrogen-bond donors (Lipinski definition) is 0. The molecule has 0 fully saturated rings. The SMILES string of the molecule is ClP(Cc1nc(-c2ccc(-c3ccccc3)s2)c2nonc2c1-c1ccc(-c2ccccc2)s1)(c1ccccc1)(c1ccccc1)c1ccccc1. The molecule has 9 rings (SSSR count). The third kappa shape index (κ3) is 5.51. The van der Waals surface area contributed by atoms with Gasteiger partial charge in [0.1, 0.15) is 0 Å². The summed E-state index contributed by atoms with van der Waals surface area (Å²) in [6.07, 6.45) is 0.436. The average molecular weight is 748 g/mol. The predicted molar refractivity (Wildman–Crippen MR) is 222 cm³/mol. The number of aromatic nitrogens is 3. The quantitative estimate of drug-likeness (QED) is 0.138. The van der Waals surface area contributed by atoms with Gasteiger partial charge in [0.25, 0.3) is 0 Å².